The van der Waals surface area contributed by atoms with Crippen LogP contribution < -0.4 is 4.74 Å². The number of H-pyrrole nitrogens is 1. The highest BCUT2D eigenvalue weighted by Crippen LogP contribution is 2.26. The van der Waals surface area contributed by atoms with E-state index in [1.54, 1.807) is 0 Å². The Labute approximate surface area is 111 Å². The minimum atomic E-state index is 0.462. The second kappa shape index (κ2) is 4.94. The Morgan fingerprint density at radius 1 is 1.00 bits per heavy atom. The maximum Gasteiger partial charge on any atom is 0.258 e. The van der Waals surface area contributed by atoms with Crippen molar-refractivity contribution in [1.82, 2.24) is 15.4 Å². The third-order valence-corrected chi connectivity index (χ3v) is 2.93. The summed E-state index contributed by atoms with van der Waals surface area (Å²) in [6.45, 7) is 2.11. The Bertz CT molecular complexity index is 660. The Hall–Kier alpha value is -2.62. The van der Waals surface area contributed by atoms with Gasteiger partial charge in [0.15, 0.2) is 0 Å². The normalized spacial score (nSPS) is 10.4. The minimum absolute atomic E-state index is 0.462. The zero-order valence-electron chi connectivity index (χ0n) is 10.5. The van der Waals surface area contributed by atoms with Gasteiger partial charge in [0.05, 0.1) is 0 Å². The summed E-state index contributed by atoms with van der Waals surface area (Å²) in [6.07, 6.45) is 1.54. The molecule has 0 spiro atoms. The molecule has 0 bridgehead atoms. The topological polar surface area (TPSA) is 50.8 Å². The summed E-state index contributed by atoms with van der Waals surface area (Å²) in [5, 5.41) is 10.1. The predicted octanol–water partition coefficient (Wildman–Crippen LogP) is 3.57. The number of benzene rings is 2. The lowest BCUT2D eigenvalue weighted by Gasteiger charge is -2.07. The quantitative estimate of drug-likeness (QED) is 0.774. The molecule has 0 aliphatic heterocycles. The van der Waals surface area contributed by atoms with Gasteiger partial charge in [-0.2, -0.15) is 10.3 Å². The molecule has 0 aliphatic carbocycles. The van der Waals surface area contributed by atoms with E-state index in [-0.39, 0.29) is 0 Å². The summed E-state index contributed by atoms with van der Waals surface area (Å²) in [5.41, 5.74) is 3.66. The predicted molar refractivity (Wildman–Crippen MR) is 73.1 cm³/mol. The van der Waals surface area contributed by atoms with Crippen molar-refractivity contribution in [2.24, 2.45) is 0 Å². The van der Waals surface area contributed by atoms with E-state index in [2.05, 4.69) is 34.5 Å². The van der Waals surface area contributed by atoms with Crippen LogP contribution in [0.5, 0.6) is 11.6 Å². The van der Waals surface area contributed by atoms with Crippen molar-refractivity contribution in [3.05, 3.63) is 60.3 Å². The van der Waals surface area contributed by atoms with Gasteiger partial charge < -0.3 is 4.74 Å². The van der Waals surface area contributed by atoms with E-state index in [1.165, 1.54) is 22.9 Å². The van der Waals surface area contributed by atoms with Crippen molar-refractivity contribution in [1.29, 1.82) is 0 Å². The Kier molecular flexibility index (Phi) is 2.98. The van der Waals surface area contributed by atoms with E-state index in [0.29, 0.717) is 5.88 Å². The third-order valence-electron chi connectivity index (χ3n) is 2.93. The van der Waals surface area contributed by atoms with Crippen LogP contribution in [0.2, 0.25) is 0 Å². The fraction of sp³-hybridized carbons (Fsp3) is 0.0667. The highest BCUT2D eigenvalue weighted by Gasteiger charge is 2.03. The average molecular weight is 251 g/mol. The van der Waals surface area contributed by atoms with Crippen LogP contribution in [-0.2, 0) is 0 Å². The van der Waals surface area contributed by atoms with Crippen LogP contribution in [0.4, 0.5) is 0 Å². The van der Waals surface area contributed by atoms with E-state index in [1.807, 2.05) is 36.4 Å². The standard InChI is InChI=1S/C15H13N3O/c1-11-4-2-3-5-14(11)12-6-8-13(9-7-12)19-15-10-16-18-17-15/h2-10H,1H3,(H,16,17,18). The van der Waals surface area contributed by atoms with Gasteiger partial charge in [0.1, 0.15) is 11.9 Å². The van der Waals surface area contributed by atoms with E-state index in [4.69, 9.17) is 4.74 Å². The number of rotatable bonds is 3. The Morgan fingerprint density at radius 2 is 1.79 bits per heavy atom. The van der Waals surface area contributed by atoms with E-state index in [9.17, 15) is 0 Å². The summed E-state index contributed by atoms with van der Waals surface area (Å²) in [6, 6.07) is 16.2. The van der Waals surface area contributed by atoms with Gasteiger partial charge in [0.2, 0.25) is 0 Å². The van der Waals surface area contributed by atoms with Gasteiger partial charge >= 0.3 is 0 Å². The highest BCUT2D eigenvalue weighted by atomic mass is 16.5. The first-order valence-electron chi connectivity index (χ1n) is 6.02. The molecule has 0 saturated carbocycles. The number of hydrogen-bond donors (Lipinski definition) is 1. The number of aromatic nitrogens is 3. The maximum absolute atomic E-state index is 5.53. The van der Waals surface area contributed by atoms with Crippen LogP contribution in [-0.4, -0.2) is 15.4 Å². The molecular formula is C15H13N3O. The fourth-order valence-corrected chi connectivity index (χ4v) is 1.96. The van der Waals surface area contributed by atoms with Gasteiger partial charge in [-0.15, -0.1) is 5.10 Å². The number of nitrogens with zero attached hydrogens (tertiary/aromatic N) is 2. The molecule has 1 N–H and O–H groups in total. The van der Waals surface area contributed by atoms with Gasteiger partial charge in [-0.05, 0) is 35.7 Å². The smallest absolute Gasteiger partial charge is 0.258 e. The first-order valence-corrected chi connectivity index (χ1v) is 6.02. The number of aromatic amines is 1. The van der Waals surface area contributed by atoms with Gasteiger partial charge in [-0.25, -0.2) is 0 Å². The molecule has 1 heterocycles. The van der Waals surface area contributed by atoms with Crippen LogP contribution in [0.25, 0.3) is 11.1 Å². The van der Waals surface area contributed by atoms with Crippen LogP contribution in [0.3, 0.4) is 0 Å². The zero-order valence-corrected chi connectivity index (χ0v) is 10.5. The summed E-state index contributed by atoms with van der Waals surface area (Å²) in [5.74, 6) is 1.20. The molecule has 94 valence electrons. The molecule has 0 fully saturated rings. The van der Waals surface area contributed by atoms with Crippen molar-refractivity contribution in [3.8, 4) is 22.8 Å². The first-order chi connectivity index (χ1) is 9.33. The average Bonchev–Trinajstić information content (AvgIpc) is 2.93. The van der Waals surface area contributed by atoms with Gasteiger partial charge in [-0.3, -0.25) is 0 Å². The van der Waals surface area contributed by atoms with Gasteiger partial charge in [-0.1, -0.05) is 36.4 Å². The third kappa shape index (κ3) is 2.47. The SMILES string of the molecule is Cc1ccccc1-c1ccc(Oc2cn[nH]n2)cc1. The monoisotopic (exact) mass is 251 g/mol. The maximum atomic E-state index is 5.53. The molecule has 3 rings (SSSR count). The Morgan fingerprint density at radius 3 is 2.47 bits per heavy atom. The molecule has 4 heteroatoms. The fourth-order valence-electron chi connectivity index (χ4n) is 1.96. The largest absolute Gasteiger partial charge is 0.436 e. The van der Waals surface area contributed by atoms with E-state index >= 15 is 0 Å². The zero-order chi connectivity index (χ0) is 13.1. The summed E-state index contributed by atoms with van der Waals surface area (Å²) >= 11 is 0. The molecule has 1 aromatic heterocycles. The number of aryl methyl sites for hydroxylation is 1. The number of hydrogen-bond acceptors (Lipinski definition) is 3. The molecule has 0 aliphatic rings. The molecule has 0 atom stereocenters. The second-order valence-electron chi connectivity index (χ2n) is 4.25. The van der Waals surface area contributed by atoms with Crippen LogP contribution in [0, 0.1) is 6.92 Å². The van der Waals surface area contributed by atoms with Crippen LogP contribution in [0.1, 0.15) is 5.56 Å². The molecule has 0 saturated heterocycles. The molecule has 0 unspecified atom stereocenters. The lowest BCUT2D eigenvalue weighted by molar-refractivity contribution is 0.461. The van der Waals surface area contributed by atoms with Crippen molar-refractivity contribution < 1.29 is 4.74 Å². The van der Waals surface area contributed by atoms with Crippen molar-refractivity contribution in [2.75, 3.05) is 0 Å². The lowest BCUT2D eigenvalue weighted by atomic mass is 10.0. The van der Waals surface area contributed by atoms with Gasteiger partial charge in [0, 0.05) is 0 Å². The Balaban J connectivity index is 1.85. The van der Waals surface area contributed by atoms with Crippen molar-refractivity contribution in [3.63, 3.8) is 0 Å². The summed E-state index contributed by atoms with van der Waals surface area (Å²) in [7, 11) is 0. The van der Waals surface area contributed by atoms with Crippen LogP contribution in [0.15, 0.2) is 54.7 Å². The number of ether oxygens (including phenoxy) is 1. The van der Waals surface area contributed by atoms with Crippen LogP contribution >= 0.6 is 0 Å². The molecular weight excluding hydrogens is 238 g/mol. The first kappa shape index (κ1) is 11.5. The summed E-state index contributed by atoms with van der Waals surface area (Å²) in [4.78, 5) is 0. The molecule has 0 radical (unpaired) electrons. The highest BCUT2D eigenvalue weighted by molar-refractivity contribution is 5.67. The second-order valence-corrected chi connectivity index (χ2v) is 4.25. The van der Waals surface area contributed by atoms with Crippen molar-refractivity contribution >= 4 is 0 Å². The number of nitrogens with one attached hydrogen (secondary N) is 1. The molecule has 4 nitrogen and oxygen atoms in total. The van der Waals surface area contributed by atoms with Crippen molar-refractivity contribution in [2.45, 2.75) is 6.92 Å². The molecule has 3 aromatic rings. The minimum Gasteiger partial charge on any atom is -0.436 e. The molecule has 19 heavy (non-hydrogen) atoms. The lowest BCUT2D eigenvalue weighted by Crippen LogP contribution is -1.86. The van der Waals surface area contributed by atoms with Gasteiger partial charge in [0.25, 0.3) is 5.88 Å². The van der Waals surface area contributed by atoms with E-state index in [0.717, 1.165) is 5.75 Å². The molecule has 2 aromatic carbocycles. The van der Waals surface area contributed by atoms with E-state index < -0.39 is 0 Å². The molecule has 0 amide bonds. The summed E-state index contributed by atoms with van der Waals surface area (Å²) < 4.78 is 5.53.